The van der Waals surface area contributed by atoms with E-state index in [1.807, 2.05) is 12.1 Å². The van der Waals surface area contributed by atoms with Gasteiger partial charge in [0, 0.05) is 38.9 Å². The van der Waals surface area contributed by atoms with E-state index in [-0.39, 0.29) is 0 Å². The average molecular weight is 367 g/mol. The molecule has 0 fully saturated rings. The molecule has 1 aromatic carbocycles. The first kappa shape index (κ1) is 21.9. The molecule has 0 radical (unpaired) electrons. The Morgan fingerprint density at radius 3 is 2.15 bits per heavy atom. The van der Waals surface area contributed by atoms with Crippen LogP contribution in [-0.4, -0.2) is 54.1 Å². The van der Waals surface area contributed by atoms with Crippen LogP contribution in [0.1, 0.15) is 31.7 Å². The van der Waals surface area contributed by atoms with Gasteiger partial charge in [0.2, 0.25) is 0 Å². The van der Waals surface area contributed by atoms with E-state index in [1.54, 1.807) is 28.4 Å². The van der Waals surface area contributed by atoms with Gasteiger partial charge in [-0.2, -0.15) is 0 Å². The van der Waals surface area contributed by atoms with Gasteiger partial charge in [-0.3, -0.25) is 4.99 Å². The molecule has 7 nitrogen and oxygen atoms in total. The molecule has 26 heavy (non-hydrogen) atoms. The molecule has 2 N–H and O–H groups in total. The van der Waals surface area contributed by atoms with Gasteiger partial charge >= 0.3 is 0 Å². The number of hydrogen-bond donors (Lipinski definition) is 2. The molecule has 1 aromatic rings. The third kappa shape index (κ3) is 7.39. The summed E-state index contributed by atoms with van der Waals surface area (Å²) in [5.41, 5.74) is 0.904. The first-order valence-electron chi connectivity index (χ1n) is 9.01. The number of nitrogens with zero attached hydrogens (tertiary/aromatic N) is 1. The predicted molar refractivity (Wildman–Crippen MR) is 105 cm³/mol. The molecule has 0 bridgehead atoms. The van der Waals surface area contributed by atoms with E-state index >= 15 is 0 Å². The minimum Gasteiger partial charge on any atom is -0.496 e. The Kier molecular flexibility index (Phi) is 11.0. The van der Waals surface area contributed by atoms with Crippen molar-refractivity contribution in [3.05, 3.63) is 17.7 Å². The number of methoxy groups -OCH3 is 3. The van der Waals surface area contributed by atoms with Gasteiger partial charge in [-0.05, 0) is 12.8 Å². The molecule has 0 aromatic heterocycles. The third-order valence-electron chi connectivity index (χ3n) is 3.87. The van der Waals surface area contributed by atoms with Crippen LogP contribution in [0, 0.1) is 0 Å². The lowest BCUT2D eigenvalue weighted by atomic mass is 10.1. The fraction of sp³-hybridized carbons (Fsp3) is 0.632. The first-order chi connectivity index (χ1) is 12.7. The van der Waals surface area contributed by atoms with Crippen LogP contribution in [0.4, 0.5) is 0 Å². The fourth-order valence-corrected chi connectivity index (χ4v) is 2.37. The van der Waals surface area contributed by atoms with Crippen LogP contribution in [0.5, 0.6) is 17.2 Å². The van der Waals surface area contributed by atoms with Gasteiger partial charge in [0.25, 0.3) is 0 Å². The van der Waals surface area contributed by atoms with Crippen molar-refractivity contribution in [2.24, 2.45) is 4.99 Å². The van der Waals surface area contributed by atoms with Crippen molar-refractivity contribution >= 4 is 5.96 Å². The summed E-state index contributed by atoms with van der Waals surface area (Å²) in [5, 5.41) is 6.56. The van der Waals surface area contributed by atoms with Gasteiger partial charge < -0.3 is 29.6 Å². The topological polar surface area (TPSA) is 73.3 Å². The van der Waals surface area contributed by atoms with Crippen molar-refractivity contribution < 1.29 is 18.9 Å². The molecule has 0 amide bonds. The molecule has 0 saturated heterocycles. The Bertz CT molecular complexity index is 525. The summed E-state index contributed by atoms with van der Waals surface area (Å²) in [7, 11) is 6.62. The van der Waals surface area contributed by atoms with Crippen molar-refractivity contribution in [1.82, 2.24) is 10.6 Å². The zero-order valence-corrected chi connectivity index (χ0v) is 16.7. The average Bonchev–Trinajstić information content (AvgIpc) is 2.68. The van der Waals surface area contributed by atoms with Crippen molar-refractivity contribution in [2.45, 2.75) is 32.7 Å². The lowest BCUT2D eigenvalue weighted by Crippen LogP contribution is -2.37. The molecule has 0 unspecified atom stereocenters. The van der Waals surface area contributed by atoms with E-state index in [1.165, 1.54) is 0 Å². The second-order valence-electron chi connectivity index (χ2n) is 5.68. The summed E-state index contributed by atoms with van der Waals surface area (Å²) in [6, 6.07) is 3.67. The summed E-state index contributed by atoms with van der Waals surface area (Å²) in [5.74, 6) is 2.81. The van der Waals surface area contributed by atoms with Gasteiger partial charge in [-0.25, -0.2) is 0 Å². The number of hydrogen-bond acceptors (Lipinski definition) is 5. The molecule has 148 valence electrons. The molecular formula is C19H33N3O4. The van der Waals surface area contributed by atoms with Crippen LogP contribution in [-0.2, 0) is 11.3 Å². The summed E-state index contributed by atoms with van der Waals surface area (Å²) in [6.07, 6.45) is 3.20. The number of benzene rings is 1. The Morgan fingerprint density at radius 2 is 1.62 bits per heavy atom. The molecular weight excluding hydrogens is 334 g/mol. The standard InChI is InChI=1S/C19H33N3O4/c1-6-7-10-26-11-8-9-21-19(20-2)22-14-16-17(24-4)12-15(23-3)13-18(16)25-5/h12-13H,6-11,14H2,1-5H3,(H2,20,21,22). The summed E-state index contributed by atoms with van der Waals surface area (Å²) in [4.78, 5) is 4.24. The number of unbranched alkanes of at least 4 members (excludes halogenated alkanes) is 1. The van der Waals surface area contributed by atoms with Crippen LogP contribution >= 0.6 is 0 Å². The normalized spacial score (nSPS) is 11.2. The maximum Gasteiger partial charge on any atom is 0.191 e. The highest BCUT2D eigenvalue weighted by Gasteiger charge is 2.13. The highest BCUT2D eigenvalue weighted by atomic mass is 16.5. The van der Waals surface area contributed by atoms with Crippen LogP contribution in [0.3, 0.4) is 0 Å². The molecule has 0 saturated carbocycles. The second kappa shape index (κ2) is 13.1. The SMILES string of the molecule is CCCCOCCCNC(=NC)NCc1c(OC)cc(OC)cc1OC. The smallest absolute Gasteiger partial charge is 0.191 e. The largest absolute Gasteiger partial charge is 0.496 e. The van der Waals surface area contributed by atoms with Crippen LogP contribution < -0.4 is 24.8 Å². The minimum absolute atomic E-state index is 0.517. The fourth-order valence-electron chi connectivity index (χ4n) is 2.37. The predicted octanol–water partition coefficient (Wildman–Crippen LogP) is 2.58. The van der Waals surface area contributed by atoms with Gasteiger partial charge in [0.05, 0.1) is 33.4 Å². The molecule has 1 rings (SSSR count). The van der Waals surface area contributed by atoms with E-state index in [4.69, 9.17) is 18.9 Å². The van der Waals surface area contributed by atoms with Crippen LogP contribution in [0.2, 0.25) is 0 Å². The van der Waals surface area contributed by atoms with Crippen molar-refractivity contribution in [1.29, 1.82) is 0 Å². The van der Waals surface area contributed by atoms with Gasteiger partial charge in [0.15, 0.2) is 5.96 Å². The Morgan fingerprint density at radius 1 is 0.962 bits per heavy atom. The van der Waals surface area contributed by atoms with Crippen molar-refractivity contribution in [2.75, 3.05) is 48.1 Å². The number of nitrogens with one attached hydrogen (secondary N) is 2. The molecule has 0 spiro atoms. The van der Waals surface area contributed by atoms with Gasteiger partial charge in [-0.1, -0.05) is 13.3 Å². The van der Waals surface area contributed by atoms with Crippen molar-refractivity contribution in [3.8, 4) is 17.2 Å². The molecule has 0 heterocycles. The zero-order valence-electron chi connectivity index (χ0n) is 16.7. The summed E-state index contributed by atoms with van der Waals surface area (Å²) < 4.78 is 21.8. The number of aliphatic imine (C=N–C) groups is 1. The Labute approximate surface area is 157 Å². The first-order valence-corrected chi connectivity index (χ1v) is 9.01. The highest BCUT2D eigenvalue weighted by molar-refractivity contribution is 5.79. The quantitative estimate of drug-likeness (QED) is 0.336. The van der Waals surface area contributed by atoms with Crippen molar-refractivity contribution in [3.63, 3.8) is 0 Å². The molecule has 0 aliphatic heterocycles. The minimum atomic E-state index is 0.517. The van der Waals surface area contributed by atoms with E-state index < -0.39 is 0 Å². The highest BCUT2D eigenvalue weighted by Crippen LogP contribution is 2.33. The molecule has 0 atom stereocenters. The zero-order chi connectivity index (χ0) is 19.2. The van der Waals surface area contributed by atoms with Crippen LogP contribution in [0.15, 0.2) is 17.1 Å². The second-order valence-corrected chi connectivity index (χ2v) is 5.68. The summed E-state index contributed by atoms with van der Waals surface area (Å²) >= 11 is 0. The van der Waals surface area contributed by atoms with Gasteiger partial charge in [0.1, 0.15) is 17.2 Å². The maximum atomic E-state index is 5.56. The Balaban J connectivity index is 2.53. The lowest BCUT2D eigenvalue weighted by Gasteiger charge is -2.17. The van der Waals surface area contributed by atoms with E-state index in [2.05, 4.69) is 22.5 Å². The van der Waals surface area contributed by atoms with E-state index in [9.17, 15) is 0 Å². The van der Waals surface area contributed by atoms with E-state index in [0.717, 1.165) is 50.5 Å². The number of rotatable bonds is 12. The number of ether oxygens (including phenoxy) is 4. The monoisotopic (exact) mass is 367 g/mol. The summed E-state index contributed by atoms with van der Waals surface area (Å²) in [6.45, 7) is 5.06. The molecule has 0 aliphatic rings. The van der Waals surface area contributed by atoms with E-state index in [0.29, 0.717) is 23.8 Å². The maximum absolute atomic E-state index is 5.56. The Hall–Kier alpha value is -2.15. The third-order valence-corrected chi connectivity index (χ3v) is 3.87. The molecule has 0 aliphatic carbocycles. The van der Waals surface area contributed by atoms with Crippen LogP contribution in [0.25, 0.3) is 0 Å². The number of guanidine groups is 1. The lowest BCUT2D eigenvalue weighted by molar-refractivity contribution is 0.129. The molecule has 7 heteroatoms. The van der Waals surface area contributed by atoms with Gasteiger partial charge in [-0.15, -0.1) is 0 Å².